The van der Waals surface area contributed by atoms with Crippen LogP contribution in [-0.2, 0) is 6.42 Å². The van der Waals surface area contributed by atoms with Gasteiger partial charge in [-0.1, -0.05) is 41.1 Å². The molecule has 2 aromatic heterocycles. The molecule has 2 aromatic carbocycles. The summed E-state index contributed by atoms with van der Waals surface area (Å²) < 4.78 is 4.44. The Balaban J connectivity index is 1.80. The Morgan fingerprint density at radius 3 is 2.63 bits per heavy atom. The van der Waals surface area contributed by atoms with E-state index in [0.717, 1.165) is 27.8 Å². The quantitative estimate of drug-likeness (QED) is 0.385. The zero-order valence-electron chi connectivity index (χ0n) is 17.5. The van der Waals surface area contributed by atoms with Gasteiger partial charge in [-0.2, -0.15) is 9.78 Å². The Bertz CT molecular complexity index is 1350. The van der Waals surface area contributed by atoms with Crippen molar-refractivity contribution >= 4 is 33.0 Å². The molecule has 0 amide bonds. The average molecular weight is 463 g/mol. The molecule has 0 unspecified atom stereocenters. The average Bonchev–Trinajstić information content (AvgIpc) is 3.01. The van der Waals surface area contributed by atoms with Gasteiger partial charge in [0.05, 0.1) is 17.1 Å². The van der Waals surface area contributed by atoms with Gasteiger partial charge in [-0.25, -0.2) is 4.98 Å². The summed E-state index contributed by atoms with van der Waals surface area (Å²) in [5, 5.41) is 5.03. The number of hydrogen-bond donors (Lipinski definition) is 0. The van der Waals surface area contributed by atoms with Gasteiger partial charge >= 0.3 is 0 Å². The fraction of sp³-hybridized carbons (Fsp3) is 0.208. The first-order chi connectivity index (χ1) is 14.4. The van der Waals surface area contributed by atoms with E-state index in [-0.39, 0.29) is 5.56 Å². The molecule has 0 saturated heterocycles. The molecule has 2 heterocycles. The van der Waals surface area contributed by atoms with Gasteiger partial charge in [-0.15, -0.1) is 0 Å². The van der Waals surface area contributed by atoms with Crippen LogP contribution in [0.2, 0.25) is 0 Å². The van der Waals surface area contributed by atoms with Gasteiger partial charge in [0.25, 0.3) is 5.56 Å². The molecule has 0 radical (unpaired) electrons. The molecule has 4 aromatic rings. The fourth-order valence-electron chi connectivity index (χ4n) is 3.83. The van der Waals surface area contributed by atoms with Crippen LogP contribution in [0.5, 0.6) is 0 Å². The van der Waals surface area contributed by atoms with Crippen LogP contribution in [-0.4, -0.2) is 20.4 Å². The first kappa shape index (κ1) is 20.3. The van der Waals surface area contributed by atoms with Gasteiger partial charge in [0, 0.05) is 27.1 Å². The van der Waals surface area contributed by atoms with E-state index in [1.54, 1.807) is 19.2 Å². The molecule has 4 rings (SSSR count). The van der Waals surface area contributed by atoms with Crippen molar-refractivity contribution in [1.29, 1.82) is 0 Å². The summed E-state index contributed by atoms with van der Waals surface area (Å²) in [5.41, 5.74) is 6.14. The molecule has 0 bridgehead atoms. The van der Waals surface area contributed by atoms with Crippen LogP contribution in [0.1, 0.15) is 35.3 Å². The number of para-hydroxylation sites is 1. The van der Waals surface area contributed by atoms with Crippen molar-refractivity contribution in [2.24, 2.45) is 5.10 Å². The predicted molar refractivity (Wildman–Crippen MR) is 126 cm³/mol. The van der Waals surface area contributed by atoms with E-state index < -0.39 is 0 Å². The molecular formula is C24H23BrN4O. The Morgan fingerprint density at radius 2 is 1.87 bits per heavy atom. The zero-order chi connectivity index (χ0) is 21.4. The van der Waals surface area contributed by atoms with E-state index in [1.807, 2.05) is 12.1 Å². The molecule has 0 spiro atoms. The first-order valence-corrected chi connectivity index (χ1v) is 10.7. The molecule has 0 N–H and O–H groups in total. The highest BCUT2D eigenvalue weighted by Crippen LogP contribution is 2.23. The van der Waals surface area contributed by atoms with Gasteiger partial charge in [0.1, 0.15) is 5.82 Å². The highest BCUT2D eigenvalue weighted by atomic mass is 79.9. The summed E-state index contributed by atoms with van der Waals surface area (Å²) in [5.74, 6) is 0.552. The summed E-state index contributed by atoms with van der Waals surface area (Å²) in [6.07, 6.45) is 2.71. The molecule has 0 fully saturated rings. The van der Waals surface area contributed by atoms with Crippen molar-refractivity contribution in [3.05, 3.63) is 91.7 Å². The highest BCUT2D eigenvalue weighted by molar-refractivity contribution is 9.10. The van der Waals surface area contributed by atoms with Gasteiger partial charge in [-0.05, 0) is 63.1 Å². The molecule has 0 aliphatic rings. The SMILES string of the molecule is CCc1ccccc1-n1c(C)cc(C=Nn2c(C)nc3ccc(Br)cc3c2=O)c1C. The van der Waals surface area contributed by atoms with Crippen LogP contribution in [0.3, 0.4) is 0 Å². The summed E-state index contributed by atoms with van der Waals surface area (Å²) >= 11 is 3.42. The van der Waals surface area contributed by atoms with Crippen LogP contribution in [0, 0.1) is 20.8 Å². The standard InChI is InChI=1S/C24H23BrN4O/c1-5-18-8-6-7-9-23(18)28-15(2)12-19(16(28)3)14-26-29-17(4)27-22-11-10-20(25)13-21(22)24(29)30/h6-14H,5H2,1-4H3. The number of benzene rings is 2. The van der Waals surface area contributed by atoms with E-state index in [0.29, 0.717) is 16.7 Å². The molecule has 6 heteroatoms. The first-order valence-electron chi connectivity index (χ1n) is 9.91. The largest absolute Gasteiger partial charge is 0.318 e. The number of nitrogens with zero attached hydrogens (tertiary/aromatic N) is 4. The second-order valence-corrected chi connectivity index (χ2v) is 8.24. The second kappa shape index (κ2) is 8.03. The second-order valence-electron chi connectivity index (χ2n) is 7.33. The summed E-state index contributed by atoms with van der Waals surface area (Å²) in [7, 11) is 0. The third kappa shape index (κ3) is 3.52. The lowest BCUT2D eigenvalue weighted by molar-refractivity contribution is 0.770. The van der Waals surface area contributed by atoms with Crippen LogP contribution in [0.15, 0.2) is 62.9 Å². The lowest BCUT2D eigenvalue weighted by atomic mass is 10.1. The van der Waals surface area contributed by atoms with Crippen LogP contribution in [0.25, 0.3) is 16.6 Å². The topological polar surface area (TPSA) is 52.2 Å². The van der Waals surface area contributed by atoms with Crippen LogP contribution >= 0.6 is 15.9 Å². The lowest BCUT2D eigenvalue weighted by Crippen LogP contribution is -2.20. The normalized spacial score (nSPS) is 11.6. The van der Waals surface area contributed by atoms with Crippen molar-refractivity contribution in [2.45, 2.75) is 34.1 Å². The number of rotatable bonds is 4. The molecule has 0 aliphatic carbocycles. The van der Waals surface area contributed by atoms with Crippen molar-refractivity contribution in [2.75, 3.05) is 0 Å². The van der Waals surface area contributed by atoms with Gasteiger partial charge in [-0.3, -0.25) is 4.79 Å². The Kier molecular flexibility index (Phi) is 5.43. The van der Waals surface area contributed by atoms with E-state index in [4.69, 9.17) is 0 Å². The summed E-state index contributed by atoms with van der Waals surface area (Å²) in [4.78, 5) is 17.5. The van der Waals surface area contributed by atoms with Crippen LogP contribution < -0.4 is 5.56 Å². The van der Waals surface area contributed by atoms with Crippen molar-refractivity contribution in [3.8, 4) is 5.69 Å². The third-order valence-electron chi connectivity index (χ3n) is 5.37. The number of aromatic nitrogens is 3. The summed E-state index contributed by atoms with van der Waals surface area (Å²) in [6, 6.07) is 16.0. The minimum absolute atomic E-state index is 0.180. The zero-order valence-corrected chi connectivity index (χ0v) is 19.1. The molecule has 30 heavy (non-hydrogen) atoms. The van der Waals surface area contributed by atoms with Crippen molar-refractivity contribution in [1.82, 2.24) is 14.2 Å². The predicted octanol–water partition coefficient (Wildman–Crippen LogP) is 5.32. The Labute approximate surface area is 183 Å². The summed E-state index contributed by atoms with van der Waals surface area (Å²) in [6.45, 7) is 8.12. The number of hydrogen-bond acceptors (Lipinski definition) is 3. The molecule has 5 nitrogen and oxygen atoms in total. The van der Waals surface area contributed by atoms with Gasteiger partial charge in [0.2, 0.25) is 0 Å². The van der Waals surface area contributed by atoms with Crippen molar-refractivity contribution in [3.63, 3.8) is 0 Å². The van der Waals surface area contributed by atoms with E-state index in [1.165, 1.54) is 15.9 Å². The minimum atomic E-state index is -0.180. The molecule has 0 saturated carbocycles. The molecule has 0 atom stereocenters. The Morgan fingerprint density at radius 1 is 1.10 bits per heavy atom. The maximum absolute atomic E-state index is 13.0. The lowest BCUT2D eigenvalue weighted by Gasteiger charge is -2.13. The number of halogens is 1. The molecule has 152 valence electrons. The van der Waals surface area contributed by atoms with E-state index >= 15 is 0 Å². The van der Waals surface area contributed by atoms with Crippen LogP contribution in [0.4, 0.5) is 0 Å². The maximum Gasteiger partial charge on any atom is 0.282 e. The van der Waals surface area contributed by atoms with Gasteiger partial charge in [0.15, 0.2) is 0 Å². The third-order valence-corrected chi connectivity index (χ3v) is 5.86. The maximum atomic E-state index is 13.0. The smallest absolute Gasteiger partial charge is 0.282 e. The fourth-order valence-corrected chi connectivity index (χ4v) is 4.19. The molecule has 0 aliphatic heterocycles. The minimum Gasteiger partial charge on any atom is -0.318 e. The number of aryl methyl sites for hydroxylation is 3. The van der Waals surface area contributed by atoms with Crippen molar-refractivity contribution < 1.29 is 0 Å². The van der Waals surface area contributed by atoms with E-state index in [2.05, 4.69) is 81.7 Å². The number of fused-ring (bicyclic) bond motifs is 1. The highest BCUT2D eigenvalue weighted by Gasteiger charge is 2.13. The monoisotopic (exact) mass is 462 g/mol. The van der Waals surface area contributed by atoms with E-state index in [9.17, 15) is 4.79 Å². The van der Waals surface area contributed by atoms with Gasteiger partial charge < -0.3 is 4.57 Å². The Hall–Kier alpha value is -2.99. The molecular weight excluding hydrogens is 440 g/mol.